The number of nitrogens with zero attached hydrogens (tertiary/aromatic N) is 1. The van der Waals surface area contributed by atoms with Crippen molar-refractivity contribution in [1.82, 2.24) is 10.4 Å². The van der Waals surface area contributed by atoms with E-state index in [1.165, 1.54) is 0 Å². The lowest BCUT2D eigenvalue weighted by atomic mass is 9.85. The highest BCUT2D eigenvalue weighted by Gasteiger charge is 2.50. The molecule has 1 aromatic rings. The van der Waals surface area contributed by atoms with E-state index in [0.29, 0.717) is 37.3 Å². The van der Waals surface area contributed by atoms with E-state index in [1.807, 2.05) is 37.1 Å². The molecule has 6 nitrogen and oxygen atoms in total. The lowest BCUT2D eigenvalue weighted by molar-refractivity contribution is -0.157. The van der Waals surface area contributed by atoms with Gasteiger partial charge in [-0.1, -0.05) is 37.6 Å². The van der Waals surface area contributed by atoms with Crippen molar-refractivity contribution in [3.63, 3.8) is 0 Å². The van der Waals surface area contributed by atoms with Crippen LogP contribution in [0.3, 0.4) is 0 Å². The van der Waals surface area contributed by atoms with Crippen molar-refractivity contribution in [2.45, 2.75) is 46.1 Å². The molecule has 1 saturated heterocycles. The minimum Gasteiger partial charge on any atom is -0.427 e. The van der Waals surface area contributed by atoms with Gasteiger partial charge in [-0.2, -0.15) is 5.06 Å². The first kappa shape index (κ1) is 19.6. The highest BCUT2D eigenvalue weighted by atomic mass is 16.7. The Morgan fingerprint density at radius 2 is 1.89 bits per heavy atom. The van der Waals surface area contributed by atoms with E-state index in [9.17, 15) is 9.59 Å². The Balaban J connectivity index is 2.11. The fourth-order valence-corrected chi connectivity index (χ4v) is 3.70. The lowest BCUT2D eigenvalue weighted by Crippen LogP contribution is -2.53. The minimum absolute atomic E-state index is 0.180. The number of ether oxygens (including phenoxy) is 1. The van der Waals surface area contributed by atoms with Crippen molar-refractivity contribution < 1.29 is 19.2 Å². The second-order valence-corrected chi connectivity index (χ2v) is 7.75. The number of hydrogen-bond acceptors (Lipinski definition) is 5. The van der Waals surface area contributed by atoms with Crippen LogP contribution in [0.1, 0.15) is 43.4 Å². The van der Waals surface area contributed by atoms with Crippen LogP contribution in [0.2, 0.25) is 0 Å². The Labute approximate surface area is 160 Å². The molecule has 2 aliphatic rings. The number of amides is 1. The maximum absolute atomic E-state index is 13.0. The predicted molar refractivity (Wildman–Crippen MR) is 102 cm³/mol. The summed E-state index contributed by atoms with van der Waals surface area (Å²) >= 11 is 0. The molecule has 1 fully saturated rings. The van der Waals surface area contributed by atoms with Gasteiger partial charge in [-0.15, -0.1) is 0 Å². The average molecular weight is 372 g/mol. The summed E-state index contributed by atoms with van der Waals surface area (Å²) in [5.41, 5.74) is 2.68. The molecule has 146 valence electrons. The third kappa shape index (κ3) is 3.64. The number of esters is 1. The number of rotatable bonds is 4. The normalized spacial score (nSPS) is 19.7. The van der Waals surface area contributed by atoms with Gasteiger partial charge < -0.3 is 14.9 Å². The largest absolute Gasteiger partial charge is 0.427 e. The van der Waals surface area contributed by atoms with Crippen LogP contribution < -0.4 is 5.32 Å². The van der Waals surface area contributed by atoms with Crippen molar-refractivity contribution in [2.24, 2.45) is 5.92 Å². The van der Waals surface area contributed by atoms with Crippen LogP contribution in [0, 0.1) is 19.8 Å². The molecular weight excluding hydrogens is 344 g/mol. The summed E-state index contributed by atoms with van der Waals surface area (Å²) in [5, 5.41) is 4.99. The molecule has 3 rings (SSSR count). The van der Waals surface area contributed by atoms with E-state index in [1.54, 1.807) is 21.0 Å². The average Bonchev–Trinajstić information content (AvgIpc) is 2.89. The molecule has 2 aliphatic heterocycles. The van der Waals surface area contributed by atoms with Gasteiger partial charge in [0.15, 0.2) is 0 Å². The quantitative estimate of drug-likeness (QED) is 0.823. The van der Waals surface area contributed by atoms with Gasteiger partial charge in [0.25, 0.3) is 5.91 Å². The lowest BCUT2D eigenvalue weighted by Gasteiger charge is -2.39. The Bertz CT molecular complexity index is 789. The van der Waals surface area contributed by atoms with E-state index >= 15 is 0 Å². The molecule has 6 heteroatoms. The van der Waals surface area contributed by atoms with Crippen molar-refractivity contribution >= 4 is 17.4 Å². The number of aryl methyl sites for hydroxylation is 2. The SMILES string of the molecule is CON1CCC2(CC1)NC(=O)C(c1cc(C)ccc1C)=C2OC(=O)C(C)C. The summed E-state index contributed by atoms with van der Waals surface area (Å²) in [5.74, 6) is -0.307. The Morgan fingerprint density at radius 3 is 2.48 bits per heavy atom. The number of carbonyl (C=O) groups is 2. The molecule has 2 heterocycles. The molecule has 27 heavy (non-hydrogen) atoms. The smallest absolute Gasteiger partial charge is 0.313 e. The van der Waals surface area contributed by atoms with Crippen LogP contribution in [0.5, 0.6) is 0 Å². The molecule has 1 N–H and O–H groups in total. The number of nitrogens with one attached hydrogen (secondary N) is 1. The van der Waals surface area contributed by atoms with Gasteiger partial charge in [-0.05, 0) is 37.8 Å². The van der Waals surface area contributed by atoms with E-state index in [4.69, 9.17) is 9.57 Å². The molecule has 0 aromatic heterocycles. The van der Waals surface area contributed by atoms with Crippen molar-refractivity contribution in [1.29, 1.82) is 0 Å². The van der Waals surface area contributed by atoms with Crippen LogP contribution in [-0.2, 0) is 19.2 Å². The fourth-order valence-electron chi connectivity index (χ4n) is 3.70. The van der Waals surface area contributed by atoms with Crippen molar-refractivity contribution in [3.05, 3.63) is 40.6 Å². The number of hydrogen-bond donors (Lipinski definition) is 1. The number of benzene rings is 1. The first-order chi connectivity index (χ1) is 12.8. The zero-order valence-corrected chi connectivity index (χ0v) is 16.7. The molecule has 1 spiro atoms. The van der Waals surface area contributed by atoms with E-state index in [-0.39, 0.29) is 17.8 Å². The van der Waals surface area contributed by atoms with Crippen molar-refractivity contribution in [2.75, 3.05) is 20.2 Å². The molecule has 0 saturated carbocycles. The third-order valence-electron chi connectivity index (χ3n) is 5.41. The standard InChI is InChI=1S/C21H28N2O4/c1-13(2)20(25)27-18-17(16-12-14(3)6-7-15(16)4)19(24)22-21(18)8-10-23(26-5)11-9-21/h6-7,12-13H,8-11H2,1-5H3,(H,22,24). The monoisotopic (exact) mass is 372 g/mol. The third-order valence-corrected chi connectivity index (χ3v) is 5.41. The zero-order chi connectivity index (χ0) is 19.8. The molecule has 1 amide bonds. The molecule has 0 radical (unpaired) electrons. The molecule has 0 aliphatic carbocycles. The fraction of sp³-hybridized carbons (Fsp3) is 0.524. The maximum atomic E-state index is 13.0. The van der Waals surface area contributed by atoms with Gasteiger partial charge in [-0.3, -0.25) is 9.59 Å². The number of carbonyl (C=O) groups excluding carboxylic acids is 2. The summed E-state index contributed by atoms with van der Waals surface area (Å²) in [6.45, 7) is 8.85. The number of piperidine rings is 1. The second kappa shape index (κ2) is 7.44. The van der Waals surface area contributed by atoms with E-state index in [0.717, 1.165) is 16.7 Å². The highest BCUT2D eigenvalue weighted by Crippen LogP contribution is 2.41. The van der Waals surface area contributed by atoms with Gasteiger partial charge in [0.1, 0.15) is 11.3 Å². The molecular formula is C21H28N2O4. The summed E-state index contributed by atoms with van der Waals surface area (Å²) in [7, 11) is 1.64. The maximum Gasteiger partial charge on any atom is 0.313 e. The minimum atomic E-state index is -0.665. The number of hydroxylamine groups is 2. The van der Waals surface area contributed by atoms with Gasteiger partial charge in [0.05, 0.1) is 18.6 Å². The summed E-state index contributed by atoms with van der Waals surface area (Å²) < 4.78 is 5.87. The summed E-state index contributed by atoms with van der Waals surface area (Å²) in [6, 6.07) is 5.99. The van der Waals surface area contributed by atoms with Crippen LogP contribution in [0.15, 0.2) is 24.0 Å². The molecule has 0 unspecified atom stereocenters. The molecule has 1 aromatic carbocycles. The Morgan fingerprint density at radius 1 is 1.22 bits per heavy atom. The first-order valence-electron chi connectivity index (χ1n) is 9.43. The van der Waals surface area contributed by atoms with Crippen molar-refractivity contribution in [3.8, 4) is 0 Å². The van der Waals surface area contributed by atoms with Gasteiger partial charge in [0.2, 0.25) is 0 Å². The van der Waals surface area contributed by atoms with Gasteiger partial charge in [0, 0.05) is 13.1 Å². The highest BCUT2D eigenvalue weighted by molar-refractivity contribution is 6.24. The van der Waals surface area contributed by atoms with E-state index in [2.05, 4.69) is 5.32 Å². The zero-order valence-electron chi connectivity index (χ0n) is 16.7. The Hall–Kier alpha value is -2.18. The van der Waals surface area contributed by atoms with Gasteiger partial charge in [-0.25, -0.2) is 0 Å². The Kier molecular flexibility index (Phi) is 5.40. The van der Waals surface area contributed by atoms with Crippen LogP contribution in [0.4, 0.5) is 0 Å². The van der Waals surface area contributed by atoms with Gasteiger partial charge >= 0.3 is 5.97 Å². The van der Waals surface area contributed by atoms with E-state index < -0.39 is 5.54 Å². The van der Waals surface area contributed by atoms with Crippen LogP contribution in [0.25, 0.3) is 5.57 Å². The summed E-state index contributed by atoms with van der Waals surface area (Å²) in [6.07, 6.45) is 1.25. The van der Waals surface area contributed by atoms with Crippen LogP contribution in [-0.4, -0.2) is 42.7 Å². The van der Waals surface area contributed by atoms with Crippen LogP contribution >= 0.6 is 0 Å². The molecule has 0 atom stereocenters. The predicted octanol–water partition coefficient (Wildman–Crippen LogP) is 2.74. The first-order valence-corrected chi connectivity index (χ1v) is 9.43. The topological polar surface area (TPSA) is 67.9 Å². The molecule has 0 bridgehead atoms. The summed E-state index contributed by atoms with van der Waals surface area (Å²) in [4.78, 5) is 30.8. The second-order valence-electron chi connectivity index (χ2n) is 7.75.